The van der Waals surface area contributed by atoms with E-state index in [2.05, 4.69) is 11.6 Å². The van der Waals surface area contributed by atoms with E-state index in [0.717, 1.165) is 38.1 Å². The third kappa shape index (κ3) is 3.34. The van der Waals surface area contributed by atoms with Crippen LogP contribution >= 0.6 is 0 Å². The Morgan fingerprint density at radius 2 is 2.15 bits per heavy atom. The van der Waals surface area contributed by atoms with Crippen molar-refractivity contribution < 1.29 is 22.1 Å². The molecule has 7 heteroatoms. The van der Waals surface area contributed by atoms with Gasteiger partial charge in [0.1, 0.15) is 22.6 Å². The van der Waals surface area contributed by atoms with Crippen molar-refractivity contribution in [1.82, 2.24) is 4.72 Å². The second-order valence-corrected chi connectivity index (χ2v) is 6.76. The number of quaternary nitrogens is 1. The normalized spacial score (nSPS) is 23.1. The molecule has 1 heterocycles. The highest BCUT2D eigenvalue weighted by atomic mass is 32.2. The van der Waals surface area contributed by atoms with Gasteiger partial charge in [0.25, 0.3) is 0 Å². The Hall–Kier alpha value is -1.05. The smallest absolute Gasteiger partial charge is 0.243 e. The van der Waals surface area contributed by atoms with Crippen molar-refractivity contribution in [2.45, 2.75) is 30.7 Å². The summed E-state index contributed by atoms with van der Waals surface area (Å²) in [5.41, 5.74) is 0. The zero-order valence-electron chi connectivity index (χ0n) is 11.3. The second-order valence-electron chi connectivity index (χ2n) is 5.03. The summed E-state index contributed by atoms with van der Waals surface area (Å²) in [6.45, 7) is 4.31. The third-order valence-corrected chi connectivity index (χ3v) is 5.24. The molecular formula is C13H19F2N2O2S+. The van der Waals surface area contributed by atoms with E-state index in [1.807, 2.05) is 0 Å². The maximum absolute atomic E-state index is 13.5. The molecule has 0 radical (unpaired) electrons. The van der Waals surface area contributed by atoms with Crippen LogP contribution in [0.15, 0.2) is 23.1 Å². The molecule has 1 unspecified atom stereocenters. The largest absolute Gasteiger partial charge is 0.332 e. The number of hydrogen-bond acceptors (Lipinski definition) is 2. The Bertz CT molecular complexity index is 578. The first-order valence-electron chi connectivity index (χ1n) is 6.73. The van der Waals surface area contributed by atoms with Crippen molar-refractivity contribution in [3.05, 3.63) is 29.8 Å². The average Bonchev–Trinajstić information content (AvgIpc) is 2.83. The number of hydrogen-bond donors (Lipinski definition) is 2. The summed E-state index contributed by atoms with van der Waals surface area (Å²) in [7, 11) is -3.93. The Balaban J connectivity index is 2.07. The summed E-state index contributed by atoms with van der Waals surface area (Å²) in [5, 5.41) is 0. The molecule has 1 aliphatic heterocycles. The van der Waals surface area contributed by atoms with Gasteiger partial charge in [0.2, 0.25) is 10.0 Å². The fourth-order valence-corrected chi connectivity index (χ4v) is 3.82. The Kier molecular flexibility index (Phi) is 4.72. The summed E-state index contributed by atoms with van der Waals surface area (Å²) in [4.78, 5) is 0.849. The quantitative estimate of drug-likeness (QED) is 0.823. The topological polar surface area (TPSA) is 50.6 Å². The van der Waals surface area contributed by atoms with Crippen LogP contribution in [0.25, 0.3) is 0 Å². The third-order valence-electron chi connectivity index (χ3n) is 3.79. The molecule has 1 saturated heterocycles. The first-order chi connectivity index (χ1) is 9.44. The van der Waals surface area contributed by atoms with E-state index in [0.29, 0.717) is 6.07 Å². The Labute approximate surface area is 117 Å². The van der Waals surface area contributed by atoms with E-state index in [1.54, 1.807) is 0 Å². The van der Waals surface area contributed by atoms with Gasteiger partial charge in [0.15, 0.2) is 0 Å². The van der Waals surface area contributed by atoms with Crippen molar-refractivity contribution in [3.63, 3.8) is 0 Å². The SMILES string of the molecule is CC[NH+]1CCC[C@@H]1CNS(=O)(=O)c1ccc(F)cc1F. The standard InChI is InChI=1S/C13H18F2N2O2S/c1-2-17-7-3-4-11(17)9-16-20(18,19)13-6-5-10(14)8-12(13)15/h5-6,8,11,16H,2-4,7,9H2,1H3/p+1/t11-/m1/s1. The summed E-state index contributed by atoms with van der Waals surface area (Å²) in [6.07, 6.45) is 2.03. The molecule has 2 rings (SSSR count). The van der Waals surface area contributed by atoms with Crippen LogP contribution in [0.3, 0.4) is 0 Å². The highest BCUT2D eigenvalue weighted by Crippen LogP contribution is 2.15. The number of sulfonamides is 1. The van der Waals surface area contributed by atoms with Gasteiger partial charge >= 0.3 is 0 Å². The van der Waals surface area contributed by atoms with Gasteiger partial charge in [0, 0.05) is 18.9 Å². The predicted molar refractivity (Wildman–Crippen MR) is 70.9 cm³/mol. The van der Waals surface area contributed by atoms with Crippen LogP contribution in [0.5, 0.6) is 0 Å². The molecule has 1 fully saturated rings. The van der Waals surface area contributed by atoms with Crippen LogP contribution in [0.2, 0.25) is 0 Å². The lowest BCUT2D eigenvalue weighted by molar-refractivity contribution is -0.909. The lowest BCUT2D eigenvalue weighted by Gasteiger charge is -2.20. The molecule has 0 bridgehead atoms. The zero-order chi connectivity index (χ0) is 14.8. The van der Waals surface area contributed by atoms with E-state index in [1.165, 1.54) is 4.90 Å². The van der Waals surface area contributed by atoms with Gasteiger partial charge in [-0.1, -0.05) is 0 Å². The molecular weight excluding hydrogens is 286 g/mol. The fourth-order valence-electron chi connectivity index (χ4n) is 2.68. The summed E-state index contributed by atoms with van der Waals surface area (Å²) < 4.78 is 52.8. The number of benzene rings is 1. The van der Waals surface area contributed by atoms with E-state index < -0.39 is 26.6 Å². The molecule has 0 amide bonds. The highest BCUT2D eigenvalue weighted by molar-refractivity contribution is 7.89. The van der Waals surface area contributed by atoms with Crippen LogP contribution in [0.1, 0.15) is 19.8 Å². The number of halogens is 2. The average molecular weight is 305 g/mol. The van der Waals surface area contributed by atoms with Gasteiger partial charge in [-0.25, -0.2) is 21.9 Å². The number of likely N-dealkylation sites (N-methyl/N-ethyl adjacent to an activating group) is 1. The Morgan fingerprint density at radius 3 is 2.80 bits per heavy atom. The van der Waals surface area contributed by atoms with Crippen LogP contribution in [-0.4, -0.2) is 34.1 Å². The summed E-state index contributed by atoms with van der Waals surface area (Å²) in [5.74, 6) is -1.86. The molecule has 0 saturated carbocycles. The van der Waals surface area contributed by atoms with Crippen molar-refractivity contribution >= 4 is 10.0 Å². The Morgan fingerprint density at radius 1 is 1.40 bits per heavy atom. The molecule has 1 aliphatic rings. The zero-order valence-corrected chi connectivity index (χ0v) is 12.1. The monoisotopic (exact) mass is 305 g/mol. The summed E-state index contributed by atoms with van der Waals surface area (Å²) in [6, 6.07) is 2.69. The van der Waals surface area contributed by atoms with Crippen LogP contribution in [0, 0.1) is 11.6 Å². The fraction of sp³-hybridized carbons (Fsp3) is 0.538. The minimum absolute atomic E-state index is 0.221. The van der Waals surface area contributed by atoms with Crippen molar-refractivity contribution in [1.29, 1.82) is 0 Å². The van der Waals surface area contributed by atoms with Crippen LogP contribution in [0.4, 0.5) is 8.78 Å². The molecule has 2 N–H and O–H groups in total. The van der Waals surface area contributed by atoms with Crippen molar-refractivity contribution in [2.24, 2.45) is 0 Å². The minimum atomic E-state index is -3.93. The van der Waals surface area contributed by atoms with E-state index in [4.69, 9.17) is 0 Å². The summed E-state index contributed by atoms with van der Waals surface area (Å²) >= 11 is 0. The molecule has 0 spiro atoms. The van der Waals surface area contributed by atoms with E-state index in [-0.39, 0.29) is 12.6 Å². The highest BCUT2D eigenvalue weighted by Gasteiger charge is 2.29. The van der Waals surface area contributed by atoms with Gasteiger partial charge < -0.3 is 4.90 Å². The van der Waals surface area contributed by atoms with Crippen molar-refractivity contribution in [3.8, 4) is 0 Å². The van der Waals surface area contributed by atoms with Crippen LogP contribution < -0.4 is 9.62 Å². The molecule has 1 aromatic rings. The molecule has 112 valence electrons. The van der Waals surface area contributed by atoms with Gasteiger partial charge in [-0.3, -0.25) is 0 Å². The molecule has 2 atom stereocenters. The first kappa shape index (κ1) is 15.3. The van der Waals surface area contributed by atoms with Gasteiger partial charge in [0.05, 0.1) is 19.6 Å². The molecule has 1 aromatic carbocycles. The predicted octanol–water partition coefficient (Wildman–Crippen LogP) is 0.310. The minimum Gasteiger partial charge on any atom is -0.332 e. The maximum Gasteiger partial charge on any atom is 0.243 e. The van der Waals surface area contributed by atoms with Gasteiger partial charge in [-0.2, -0.15) is 0 Å². The van der Waals surface area contributed by atoms with Gasteiger partial charge in [-0.05, 0) is 19.1 Å². The maximum atomic E-state index is 13.5. The first-order valence-corrected chi connectivity index (χ1v) is 8.21. The molecule has 20 heavy (non-hydrogen) atoms. The van der Waals surface area contributed by atoms with Gasteiger partial charge in [-0.15, -0.1) is 0 Å². The number of nitrogens with one attached hydrogen (secondary N) is 2. The van der Waals surface area contributed by atoms with Crippen LogP contribution in [-0.2, 0) is 10.0 Å². The van der Waals surface area contributed by atoms with Crippen molar-refractivity contribution in [2.75, 3.05) is 19.6 Å². The number of rotatable bonds is 5. The second kappa shape index (κ2) is 6.15. The lowest BCUT2D eigenvalue weighted by Crippen LogP contribution is -3.14. The van der Waals surface area contributed by atoms with E-state index in [9.17, 15) is 17.2 Å². The molecule has 0 aromatic heterocycles. The molecule has 4 nitrogen and oxygen atoms in total. The lowest BCUT2D eigenvalue weighted by atomic mass is 10.2. The number of likely N-dealkylation sites (tertiary alicyclic amines) is 1. The molecule has 0 aliphatic carbocycles. The van der Waals surface area contributed by atoms with E-state index >= 15 is 0 Å².